The van der Waals surface area contributed by atoms with Gasteiger partial charge >= 0.3 is 0 Å². The first-order valence-corrected chi connectivity index (χ1v) is 11.4. The molecular formula is C23H23N3O6S. The molecule has 9 nitrogen and oxygen atoms in total. The number of ether oxygens (including phenoxy) is 1. The van der Waals surface area contributed by atoms with Gasteiger partial charge < -0.3 is 10.1 Å². The van der Waals surface area contributed by atoms with Gasteiger partial charge in [0.15, 0.2) is 6.61 Å². The van der Waals surface area contributed by atoms with Crippen molar-refractivity contribution in [3.05, 3.63) is 94.0 Å². The van der Waals surface area contributed by atoms with Crippen LogP contribution in [-0.4, -0.2) is 37.2 Å². The molecule has 3 aromatic carbocycles. The third-order valence-electron chi connectivity index (χ3n) is 4.91. The second-order valence-corrected chi connectivity index (χ2v) is 9.31. The Morgan fingerprint density at radius 2 is 1.70 bits per heavy atom. The van der Waals surface area contributed by atoms with Crippen LogP contribution >= 0.6 is 0 Å². The van der Waals surface area contributed by atoms with Crippen molar-refractivity contribution in [3.63, 3.8) is 0 Å². The van der Waals surface area contributed by atoms with Gasteiger partial charge in [0.05, 0.1) is 15.4 Å². The predicted octanol–water partition coefficient (Wildman–Crippen LogP) is 3.74. The monoisotopic (exact) mass is 469 g/mol. The topological polar surface area (TPSA) is 119 Å². The number of carbonyl (C=O) groups is 1. The molecule has 0 aliphatic rings. The van der Waals surface area contributed by atoms with Gasteiger partial charge in [-0.2, -0.15) is 4.31 Å². The summed E-state index contributed by atoms with van der Waals surface area (Å²) >= 11 is 0. The molecule has 3 rings (SSSR count). The molecule has 172 valence electrons. The van der Waals surface area contributed by atoms with Crippen LogP contribution in [0.1, 0.15) is 11.1 Å². The van der Waals surface area contributed by atoms with Crippen molar-refractivity contribution in [2.24, 2.45) is 0 Å². The zero-order valence-corrected chi connectivity index (χ0v) is 18.9. The quantitative estimate of drug-likeness (QED) is 0.377. The Balaban J connectivity index is 1.60. The fraction of sp³-hybridized carbons (Fsp3) is 0.174. The molecule has 0 aromatic heterocycles. The molecule has 1 N–H and O–H groups in total. The molecule has 3 aromatic rings. The van der Waals surface area contributed by atoms with Gasteiger partial charge in [-0.1, -0.05) is 36.4 Å². The van der Waals surface area contributed by atoms with E-state index in [9.17, 15) is 23.3 Å². The van der Waals surface area contributed by atoms with Gasteiger partial charge in [0.1, 0.15) is 5.75 Å². The summed E-state index contributed by atoms with van der Waals surface area (Å²) < 4.78 is 32.3. The summed E-state index contributed by atoms with van der Waals surface area (Å²) in [6, 6.07) is 19.4. The predicted molar refractivity (Wildman–Crippen MR) is 123 cm³/mol. The summed E-state index contributed by atoms with van der Waals surface area (Å²) in [5.41, 5.74) is 1.49. The molecule has 0 aliphatic carbocycles. The van der Waals surface area contributed by atoms with E-state index in [1.165, 1.54) is 47.8 Å². The van der Waals surface area contributed by atoms with Crippen LogP contribution in [0.4, 0.5) is 11.4 Å². The maximum atomic E-state index is 12.8. The number of nitrogens with one attached hydrogen (secondary N) is 1. The van der Waals surface area contributed by atoms with Gasteiger partial charge in [-0.15, -0.1) is 0 Å². The van der Waals surface area contributed by atoms with Crippen LogP contribution in [0.25, 0.3) is 0 Å². The Labute approximate surface area is 191 Å². The number of amides is 1. The highest BCUT2D eigenvalue weighted by molar-refractivity contribution is 7.89. The lowest BCUT2D eigenvalue weighted by molar-refractivity contribution is -0.385. The van der Waals surface area contributed by atoms with Crippen LogP contribution in [0.15, 0.2) is 77.7 Å². The number of hydrogen-bond donors (Lipinski definition) is 1. The van der Waals surface area contributed by atoms with E-state index < -0.39 is 20.9 Å². The molecule has 33 heavy (non-hydrogen) atoms. The van der Waals surface area contributed by atoms with E-state index in [1.807, 2.05) is 30.3 Å². The van der Waals surface area contributed by atoms with Crippen LogP contribution < -0.4 is 10.1 Å². The first kappa shape index (κ1) is 23.9. The molecule has 0 heterocycles. The summed E-state index contributed by atoms with van der Waals surface area (Å²) in [4.78, 5) is 22.8. The van der Waals surface area contributed by atoms with Gasteiger partial charge in [-0.3, -0.25) is 14.9 Å². The average Bonchev–Trinajstić information content (AvgIpc) is 2.79. The van der Waals surface area contributed by atoms with E-state index in [2.05, 4.69) is 5.32 Å². The fourth-order valence-corrected chi connectivity index (χ4v) is 4.27. The minimum absolute atomic E-state index is 0.0954. The van der Waals surface area contributed by atoms with Crippen LogP contribution in [0.3, 0.4) is 0 Å². The van der Waals surface area contributed by atoms with E-state index in [-0.39, 0.29) is 29.5 Å². The van der Waals surface area contributed by atoms with Crippen LogP contribution in [0, 0.1) is 17.0 Å². The zero-order valence-electron chi connectivity index (χ0n) is 18.1. The van der Waals surface area contributed by atoms with E-state index in [1.54, 1.807) is 13.0 Å². The van der Waals surface area contributed by atoms with Crippen molar-refractivity contribution in [3.8, 4) is 5.75 Å². The van der Waals surface area contributed by atoms with Crippen LogP contribution in [0.5, 0.6) is 5.75 Å². The van der Waals surface area contributed by atoms with E-state index in [0.29, 0.717) is 11.3 Å². The van der Waals surface area contributed by atoms with Gasteiger partial charge in [0.25, 0.3) is 11.6 Å². The molecule has 0 radical (unpaired) electrons. The fourth-order valence-electron chi connectivity index (χ4n) is 3.11. The minimum Gasteiger partial charge on any atom is -0.483 e. The summed E-state index contributed by atoms with van der Waals surface area (Å²) in [6.07, 6.45) is 0. The Bertz CT molecular complexity index is 1240. The normalized spacial score (nSPS) is 11.2. The molecule has 0 bridgehead atoms. The minimum atomic E-state index is -3.70. The zero-order chi connectivity index (χ0) is 24.0. The highest BCUT2D eigenvalue weighted by Crippen LogP contribution is 2.27. The largest absolute Gasteiger partial charge is 0.483 e. The molecule has 0 saturated heterocycles. The summed E-state index contributed by atoms with van der Waals surface area (Å²) in [5, 5.41) is 13.6. The first-order chi connectivity index (χ1) is 15.7. The van der Waals surface area contributed by atoms with Gasteiger partial charge in [-0.25, -0.2) is 8.42 Å². The first-order valence-electron chi connectivity index (χ1n) is 9.95. The SMILES string of the molecule is Cc1c(OCC(=O)Nc2ccc(S(=O)(=O)N(C)Cc3ccccc3)cc2)cccc1[N+](=O)[O-]. The van der Waals surface area contributed by atoms with Crippen molar-refractivity contribution in [2.75, 3.05) is 19.0 Å². The number of anilines is 1. The molecule has 0 atom stereocenters. The number of hydrogen-bond acceptors (Lipinski definition) is 6. The van der Waals surface area contributed by atoms with Crippen LogP contribution in [-0.2, 0) is 21.4 Å². The standard InChI is InChI=1S/C23H23N3O6S/c1-17-21(26(28)29)9-6-10-22(17)32-16-23(27)24-19-11-13-20(14-12-19)33(30,31)25(2)15-18-7-4-3-5-8-18/h3-14H,15-16H2,1-2H3,(H,24,27). The summed E-state index contributed by atoms with van der Waals surface area (Å²) in [6.45, 7) is 1.41. The van der Waals surface area contributed by atoms with E-state index in [0.717, 1.165) is 5.56 Å². The molecule has 10 heteroatoms. The molecule has 0 fully saturated rings. The number of benzene rings is 3. The Morgan fingerprint density at radius 3 is 2.33 bits per heavy atom. The Kier molecular flexibility index (Phi) is 7.41. The number of nitro groups is 1. The maximum absolute atomic E-state index is 12.8. The third-order valence-corrected chi connectivity index (χ3v) is 6.72. The lowest BCUT2D eigenvalue weighted by Gasteiger charge is -2.17. The molecule has 0 spiro atoms. The molecule has 0 aliphatic heterocycles. The van der Waals surface area contributed by atoms with Crippen molar-refractivity contribution in [1.82, 2.24) is 4.31 Å². The second kappa shape index (κ2) is 10.2. The van der Waals surface area contributed by atoms with Gasteiger partial charge in [0.2, 0.25) is 10.0 Å². The Hall–Kier alpha value is -3.76. The number of nitro benzene ring substituents is 1. The van der Waals surface area contributed by atoms with Crippen molar-refractivity contribution in [2.45, 2.75) is 18.4 Å². The van der Waals surface area contributed by atoms with Crippen molar-refractivity contribution < 1.29 is 22.9 Å². The Morgan fingerprint density at radius 1 is 1.03 bits per heavy atom. The highest BCUT2D eigenvalue weighted by atomic mass is 32.2. The molecular weight excluding hydrogens is 446 g/mol. The highest BCUT2D eigenvalue weighted by Gasteiger charge is 2.21. The number of rotatable bonds is 9. The summed E-state index contributed by atoms with van der Waals surface area (Å²) in [5.74, 6) is -0.250. The molecule has 1 amide bonds. The van der Waals surface area contributed by atoms with Gasteiger partial charge in [0, 0.05) is 25.3 Å². The maximum Gasteiger partial charge on any atom is 0.276 e. The van der Waals surface area contributed by atoms with E-state index in [4.69, 9.17) is 4.74 Å². The van der Waals surface area contributed by atoms with Crippen LogP contribution in [0.2, 0.25) is 0 Å². The number of sulfonamides is 1. The third kappa shape index (κ3) is 5.93. The number of carbonyl (C=O) groups excluding carboxylic acids is 1. The van der Waals surface area contributed by atoms with E-state index >= 15 is 0 Å². The lowest BCUT2D eigenvalue weighted by Crippen LogP contribution is -2.26. The second-order valence-electron chi connectivity index (χ2n) is 7.27. The van der Waals surface area contributed by atoms with Crippen molar-refractivity contribution in [1.29, 1.82) is 0 Å². The lowest BCUT2D eigenvalue weighted by atomic mass is 10.2. The summed E-state index contributed by atoms with van der Waals surface area (Å²) in [7, 11) is -2.20. The van der Waals surface area contributed by atoms with Crippen molar-refractivity contribution >= 4 is 27.3 Å². The molecule has 0 unspecified atom stereocenters. The average molecular weight is 470 g/mol. The number of nitrogens with zero attached hydrogens (tertiary/aromatic N) is 2. The molecule has 0 saturated carbocycles. The smallest absolute Gasteiger partial charge is 0.276 e. The van der Waals surface area contributed by atoms with Gasteiger partial charge in [-0.05, 0) is 42.8 Å².